The van der Waals surface area contributed by atoms with Gasteiger partial charge in [-0.1, -0.05) is 25.1 Å². The predicted molar refractivity (Wildman–Crippen MR) is 86.7 cm³/mol. The fourth-order valence-electron chi connectivity index (χ4n) is 2.12. The zero-order valence-corrected chi connectivity index (χ0v) is 13.3. The zero-order chi connectivity index (χ0) is 15.9. The first-order valence-corrected chi connectivity index (χ1v) is 7.50. The molecule has 1 heterocycles. The van der Waals surface area contributed by atoms with Crippen LogP contribution in [-0.2, 0) is 11.3 Å². The number of ether oxygens (including phenoxy) is 1. The number of carbonyl (C=O) groups excluding carboxylic acids is 1. The molecule has 1 atom stereocenters. The Morgan fingerprint density at radius 3 is 2.82 bits per heavy atom. The van der Waals surface area contributed by atoms with E-state index in [1.807, 2.05) is 51.1 Å². The molecule has 22 heavy (non-hydrogen) atoms. The highest BCUT2D eigenvalue weighted by Crippen LogP contribution is 2.21. The first-order valence-electron chi connectivity index (χ1n) is 7.50. The van der Waals surface area contributed by atoms with Gasteiger partial charge in [-0.25, -0.2) is 0 Å². The average Bonchev–Trinajstić information content (AvgIpc) is 2.54. The zero-order valence-electron chi connectivity index (χ0n) is 13.3. The van der Waals surface area contributed by atoms with Crippen LogP contribution in [0.15, 0.2) is 42.7 Å². The molecule has 0 aliphatic heterocycles. The third kappa shape index (κ3) is 4.32. The number of pyridine rings is 1. The maximum atomic E-state index is 12.3. The first-order chi connectivity index (χ1) is 10.6. The molecular formula is C18H22N2O2. The minimum Gasteiger partial charge on any atom is -0.480 e. The molecule has 0 spiro atoms. The summed E-state index contributed by atoms with van der Waals surface area (Å²) >= 11 is 0. The van der Waals surface area contributed by atoms with E-state index in [2.05, 4.69) is 10.3 Å². The number of hydrogen-bond donors (Lipinski definition) is 1. The largest absolute Gasteiger partial charge is 0.480 e. The van der Waals surface area contributed by atoms with Crippen LogP contribution in [0.2, 0.25) is 0 Å². The number of carbonyl (C=O) groups is 1. The molecule has 116 valence electrons. The van der Waals surface area contributed by atoms with Gasteiger partial charge in [0, 0.05) is 18.9 Å². The van der Waals surface area contributed by atoms with E-state index in [-0.39, 0.29) is 5.91 Å². The summed E-state index contributed by atoms with van der Waals surface area (Å²) in [7, 11) is 0. The molecule has 1 aromatic carbocycles. The van der Waals surface area contributed by atoms with Crippen LogP contribution in [-0.4, -0.2) is 17.0 Å². The Kier molecular flexibility index (Phi) is 5.53. The van der Waals surface area contributed by atoms with Gasteiger partial charge in [-0.3, -0.25) is 9.78 Å². The summed E-state index contributed by atoms with van der Waals surface area (Å²) in [5.41, 5.74) is 3.12. The molecule has 0 saturated heterocycles. The summed E-state index contributed by atoms with van der Waals surface area (Å²) in [6, 6.07) is 9.79. The van der Waals surface area contributed by atoms with Crippen molar-refractivity contribution in [2.45, 2.75) is 39.8 Å². The monoisotopic (exact) mass is 298 g/mol. The Hall–Kier alpha value is -2.36. The number of rotatable bonds is 6. The van der Waals surface area contributed by atoms with E-state index in [9.17, 15) is 4.79 Å². The van der Waals surface area contributed by atoms with Crippen LogP contribution in [0, 0.1) is 13.8 Å². The minimum absolute atomic E-state index is 0.104. The van der Waals surface area contributed by atoms with E-state index < -0.39 is 6.10 Å². The Labute approximate surface area is 131 Å². The second kappa shape index (κ2) is 7.59. The van der Waals surface area contributed by atoms with E-state index in [1.54, 1.807) is 12.4 Å². The molecule has 0 aliphatic rings. The van der Waals surface area contributed by atoms with Gasteiger partial charge in [0.25, 0.3) is 5.91 Å². The van der Waals surface area contributed by atoms with Gasteiger partial charge in [0.2, 0.25) is 0 Å². The van der Waals surface area contributed by atoms with Gasteiger partial charge < -0.3 is 10.1 Å². The third-order valence-electron chi connectivity index (χ3n) is 3.47. The smallest absolute Gasteiger partial charge is 0.261 e. The number of nitrogens with zero attached hydrogens (tertiary/aromatic N) is 1. The van der Waals surface area contributed by atoms with E-state index in [4.69, 9.17) is 4.74 Å². The van der Waals surface area contributed by atoms with Gasteiger partial charge in [-0.05, 0) is 49.1 Å². The molecule has 0 fully saturated rings. The number of aromatic nitrogens is 1. The Morgan fingerprint density at radius 2 is 2.14 bits per heavy atom. The molecule has 1 N–H and O–H groups in total. The fraction of sp³-hybridized carbons (Fsp3) is 0.333. The summed E-state index contributed by atoms with van der Waals surface area (Å²) in [4.78, 5) is 16.3. The van der Waals surface area contributed by atoms with E-state index >= 15 is 0 Å². The summed E-state index contributed by atoms with van der Waals surface area (Å²) in [6.45, 7) is 6.39. The molecule has 2 rings (SSSR count). The predicted octanol–water partition coefficient (Wildman–Crippen LogP) is 3.17. The molecule has 1 amide bonds. The molecule has 2 aromatic rings. The SMILES string of the molecule is CCC(Oc1cc(C)ccc1C)C(=O)NCc1cccnc1. The molecule has 4 nitrogen and oxygen atoms in total. The summed E-state index contributed by atoms with van der Waals surface area (Å²) in [5.74, 6) is 0.663. The molecule has 0 bridgehead atoms. The normalized spacial score (nSPS) is 11.8. The van der Waals surface area contributed by atoms with Crippen molar-refractivity contribution in [1.29, 1.82) is 0 Å². The first kappa shape index (κ1) is 16.0. The van der Waals surface area contributed by atoms with Crippen molar-refractivity contribution in [3.8, 4) is 5.75 Å². The van der Waals surface area contributed by atoms with Gasteiger partial charge in [0.15, 0.2) is 6.10 Å². The Morgan fingerprint density at radius 1 is 1.32 bits per heavy atom. The van der Waals surface area contributed by atoms with Crippen LogP contribution in [0.4, 0.5) is 0 Å². The van der Waals surface area contributed by atoms with Crippen molar-refractivity contribution < 1.29 is 9.53 Å². The van der Waals surface area contributed by atoms with E-state index in [0.717, 1.165) is 22.4 Å². The van der Waals surface area contributed by atoms with Crippen LogP contribution in [0.25, 0.3) is 0 Å². The average molecular weight is 298 g/mol. The molecule has 1 unspecified atom stereocenters. The molecule has 0 radical (unpaired) electrons. The van der Waals surface area contributed by atoms with Crippen LogP contribution < -0.4 is 10.1 Å². The Balaban J connectivity index is 1.98. The number of amides is 1. The van der Waals surface area contributed by atoms with Crippen molar-refractivity contribution in [2.75, 3.05) is 0 Å². The maximum Gasteiger partial charge on any atom is 0.261 e. The van der Waals surface area contributed by atoms with Gasteiger partial charge in [0.1, 0.15) is 5.75 Å². The number of aryl methyl sites for hydroxylation is 2. The van der Waals surface area contributed by atoms with Crippen molar-refractivity contribution in [3.63, 3.8) is 0 Å². The number of hydrogen-bond acceptors (Lipinski definition) is 3. The van der Waals surface area contributed by atoms with Gasteiger partial charge in [0.05, 0.1) is 0 Å². The second-order valence-electron chi connectivity index (χ2n) is 5.36. The summed E-state index contributed by atoms with van der Waals surface area (Å²) < 4.78 is 5.90. The summed E-state index contributed by atoms with van der Waals surface area (Å²) in [5, 5.41) is 2.90. The quantitative estimate of drug-likeness (QED) is 0.891. The number of nitrogens with one attached hydrogen (secondary N) is 1. The van der Waals surface area contributed by atoms with Crippen molar-refractivity contribution in [1.82, 2.24) is 10.3 Å². The Bertz CT molecular complexity index is 626. The van der Waals surface area contributed by atoms with Crippen molar-refractivity contribution >= 4 is 5.91 Å². The van der Waals surface area contributed by atoms with Gasteiger partial charge in [-0.15, -0.1) is 0 Å². The lowest BCUT2D eigenvalue weighted by Gasteiger charge is -2.19. The number of benzene rings is 1. The lowest BCUT2D eigenvalue weighted by atomic mass is 10.1. The van der Waals surface area contributed by atoms with Crippen molar-refractivity contribution in [3.05, 3.63) is 59.4 Å². The fourth-order valence-corrected chi connectivity index (χ4v) is 2.12. The lowest BCUT2D eigenvalue weighted by Crippen LogP contribution is -2.37. The molecular weight excluding hydrogens is 276 g/mol. The van der Waals surface area contributed by atoms with Crippen LogP contribution >= 0.6 is 0 Å². The third-order valence-corrected chi connectivity index (χ3v) is 3.47. The highest BCUT2D eigenvalue weighted by atomic mass is 16.5. The molecule has 0 aliphatic carbocycles. The minimum atomic E-state index is -0.489. The highest BCUT2D eigenvalue weighted by Gasteiger charge is 2.18. The van der Waals surface area contributed by atoms with Gasteiger partial charge in [-0.2, -0.15) is 0 Å². The van der Waals surface area contributed by atoms with Crippen molar-refractivity contribution in [2.24, 2.45) is 0 Å². The molecule has 0 saturated carbocycles. The topological polar surface area (TPSA) is 51.2 Å². The lowest BCUT2D eigenvalue weighted by molar-refractivity contribution is -0.128. The van der Waals surface area contributed by atoms with Crippen LogP contribution in [0.3, 0.4) is 0 Å². The van der Waals surface area contributed by atoms with Crippen LogP contribution in [0.1, 0.15) is 30.0 Å². The van der Waals surface area contributed by atoms with Gasteiger partial charge >= 0.3 is 0 Å². The standard InChI is InChI=1S/C18H22N2O2/c1-4-16(22-17-10-13(2)7-8-14(17)3)18(21)20-12-15-6-5-9-19-11-15/h5-11,16H,4,12H2,1-3H3,(H,20,21). The molecule has 4 heteroatoms. The van der Waals surface area contributed by atoms with E-state index in [0.29, 0.717) is 13.0 Å². The molecule has 1 aromatic heterocycles. The highest BCUT2D eigenvalue weighted by molar-refractivity contribution is 5.81. The van der Waals surface area contributed by atoms with Crippen LogP contribution in [0.5, 0.6) is 5.75 Å². The second-order valence-corrected chi connectivity index (χ2v) is 5.36. The van der Waals surface area contributed by atoms with E-state index in [1.165, 1.54) is 0 Å². The maximum absolute atomic E-state index is 12.3. The summed E-state index contributed by atoms with van der Waals surface area (Å²) in [6.07, 6.45) is 3.58.